The largest absolute Gasteiger partial charge is 0.312 e. The lowest BCUT2D eigenvalue weighted by Crippen LogP contribution is -2.43. The van der Waals surface area contributed by atoms with Gasteiger partial charge in [0.1, 0.15) is 4.90 Å². The third-order valence-electron chi connectivity index (χ3n) is 6.38. The molecule has 0 aliphatic rings. The van der Waals surface area contributed by atoms with Gasteiger partial charge in [-0.15, -0.1) is 0 Å². The minimum atomic E-state index is -3.86. The van der Waals surface area contributed by atoms with Gasteiger partial charge in [0.15, 0.2) is 14.3 Å². The first-order valence-electron chi connectivity index (χ1n) is 11.2. The van der Waals surface area contributed by atoms with Crippen molar-refractivity contribution in [2.75, 3.05) is 0 Å². The third-order valence-corrected chi connectivity index (χ3v) is 15.1. The SMILES string of the molecule is N#CCC(CC#N)(P(=O)(c1ccccc1)c1ccccc1)P(=O)(c1ccccc1)c1ccccc1. The van der Waals surface area contributed by atoms with Crippen LogP contribution >= 0.6 is 14.3 Å². The van der Waals surface area contributed by atoms with Crippen molar-refractivity contribution >= 4 is 35.5 Å². The molecule has 0 atom stereocenters. The lowest BCUT2D eigenvalue weighted by molar-refractivity contribution is 0.549. The maximum atomic E-state index is 15.7. The van der Waals surface area contributed by atoms with Crippen molar-refractivity contribution < 1.29 is 9.13 Å². The summed E-state index contributed by atoms with van der Waals surface area (Å²) in [4.78, 5) is -1.69. The van der Waals surface area contributed by atoms with Gasteiger partial charge >= 0.3 is 0 Å². The quantitative estimate of drug-likeness (QED) is 0.301. The van der Waals surface area contributed by atoms with Gasteiger partial charge in [0.05, 0.1) is 25.0 Å². The molecule has 0 saturated heterocycles. The first kappa shape index (κ1) is 24.4. The van der Waals surface area contributed by atoms with Crippen LogP contribution in [0.25, 0.3) is 0 Å². The maximum absolute atomic E-state index is 15.7. The van der Waals surface area contributed by atoms with Crippen LogP contribution in [0.1, 0.15) is 12.8 Å². The fraction of sp³-hybridized carbons (Fsp3) is 0.103. The van der Waals surface area contributed by atoms with E-state index in [0.717, 1.165) is 0 Å². The Balaban J connectivity index is 2.23. The summed E-state index contributed by atoms with van der Waals surface area (Å²) in [6.45, 7) is 0. The number of hydrogen-bond donors (Lipinski definition) is 0. The number of hydrogen-bond acceptors (Lipinski definition) is 4. The molecule has 0 radical (unpaired) electrons. The van der Waals surface area contributed by atoms with E-state index in [0.29, 0.717) is 21.2 Å². The summed E-state index contributed by atoms with van der Waals surface area (Å²) >= 11 is 0. The van der Waals surface area contributed by atoms with E-state index >= 15 is 9.13 Å². The molecule has 0 aliphatic carbocycles. The Kier molecular flexibility index (Phi) is 7.19. The van der Waals surface area contributed by atoms with Crippen molar-refractivity contribution in [3.63, 3.8) is 0 Å². The predicted molar refractivity (Wildman–Crippen MR) is 143 cm³/mol. The molecule has 0 amide bonds. The summed E-state index contributed by atoms with van der Waals surface area (Å²) in [7, 11) is -7.72. The Morgan fingerprint density at radius 2 is 0.714 bits per heavy atom. The molecule has 0 unspecified atom stereocenters. The predicted octanol–water partition coefficient (Wildman–Crippen LogP) is 5.54. The van der Waals surface area contributed by atoms with Crippen LogP contribution in [-0.4, -0.2) is 4.90 Å². The fourth-order valence-electron chi connectivity index (χ4n) is 4.77. The first-order chi connectivity index (χ1) is 17.0. The molecule has 0 heterocycles. The Morgan fingerprint density at radius 1 is 0.486 bits per heavy atom. The second-order valence-corrected chi connectivity index (χ2v) is 14.8. The molecule has 0 saturated carbocycles. The number of benzene rings is 4. The lowest BCUT2D eigenvalue weighted by atomic mass is 10.2. The molecule has 0 aliphatic heterocycles. The van der Waals surface area contributed by atoms with Crippen LogP contribution in [0.4, 0.5) is 0 Å². The van der Waals surface area contributed by atoms with Gasteiger partial charge < -0.3 is 9.13 Å². The topological polar surface area (TPSA) is 81.7 Å². The Hall–Kier alpha value is -3.68. The van der Waals surface area contributed by atoms with Gasteiger partial charge in [-0.1, -0.05) is 121 Å². The van der Waals surface area contributed by atoms with Crippen molar-refractivity contribution in [1.82, 2.24) is 0 Å². The van der Waals surface area contributed by atoms with Crippen LogP contribution in [0, 0.1) is 22.7 Å². The minimum Gasteiger partial charge on any atom is -0.312 e. The second-order valence-electron chi connectivity index (χ2n) is 8.21. The molecule has 4 rings (SSSR count). The van der Waals surface area contributed by atoms with Gasteiger partial charge in [-0.3, -0.25) is 0 Å². The van der Waals surface area contributed by atoms with Crippen LogP contribution in [0.3, 0.4) is 0 Å². The molecule has 0 fully saturated rings. The van der Waals surface area contributed by atoms with E-state index in [2.05, 4.69) is 12.1 Å². The van der Waals surface area contributed by atoms with Crippen molar-refractivity contribution in [3.8, 4) is 12.1 Å². The average Bonchev–Trinajstić information content (AvgIpc) is 2.94. The van der Waals surface area contributed by atoms with Gasteiger partial charge in [-0.05, 0) is 0 Å². The number of rotatable bonds is 8. The smallest absolute Gasteiger partial charge is 0.158 e. The zero-order valence-electron chi connectivity index (χ0n) is 19.1. The van der Waals surface area contributed by atoms with Crippen LogP contribution in [0.2, 0.25) is 0 Å². The second kappa shape index (κ2) is 10.3. The van der Waals surface area contributed by atoms with E-state index in [4.69, 9.17) is 0 Å². The average molecular weight is 494 g/mol. The van der Waals surface area contributed by atoms with Gasteiger partial charge in [0, 0.05) is 21.2 Å². The summed E-state index contributed by atoms with van der Waals surface area (Å²) in [6, 6.07) is 39.9. The lowest BCUT2D eigenvalue weighted by Gasteiger charge is -2.44. The van der Waals surface area contributed by atoms with Crippen molar-refractivity contribution in [2.45, 2.75) is 17.7 Å². The molecular formula is C29H24N2O2P2. The Labute approximate surface area is 206 Å². The normalized spacial score (nSPS) is 11.8. The molecule has 0 N–H and O–H groups in total. The van der Waals surface area contributed by atoms with E-state index < -0.39 is 19.2 Å². The molecule has 4 nitrogen and oxygen atoms in total. The van der Waals surface area contributed by atoms with Gasteiger partial charge in [-0.2, -0.15) is 10.5 Å². The van der Waals surface area contributed by atoms with Crippen LogP contribution in [0.15, 0.2) is 121 Å². The Bertz CT molecular complexity index is 1260. The van der Waals surface area contributed by atoms with Crippen molar-refractivity contribution in [3.05, 3.63) is 121 Å². The number of nitriles is 2. The first-order valence-corrected chi connectivity index (χ1v) is 14.6. The van der Waals surface area contributed by atoms with E-state index in [1.807, 2.05) is 24.3 Å². The van der Waals surface area contributed by atoms with Crippen molar-refractivity contribution in [2.24, 2.45) is 0 Å². The molecule has 0 spiro atoms. The van der Waals surface area contributed by atoms with E-state index in [-0.39, 0.29) is 12.8 Å². The highest BCUT2D eigenvalue weighted by Gasteiger charge is 2.62. The van der Waals surface area contributed by atoms with Crippen molar-refractivity contribution in [1.29, 1.82) is 10.5 Å². The van der Waals surface area contributed by atoms with E-state index in [9.17, 15) is 10.5 Å². The van der Waals surface area contributed by atoms with E-state index in [1.54, 1.807) is 97.1 Å². The molecule has 4 aromatic carbocycles. The van der Waals surface area contributed by atoms with Gasteiger partial charge in [0.2, 0.25) is 0 Å². The molecule has 4 aromatic rings. The number of nitrogens with zero attached hydrogens (tertiary/aromatic N) is 2. The monoisotopic (exact) mass is 494 g/mol. The molecular weight excluding hydrogens is 470 g/mol. The molecule has 172 valence electrons. The Morgan fingerprint density at radius 3 is 0.914 bits per heavy atom. The summed E-state index contributed by atoms with van der Waals surface area (Å²) in [5.41, 5.74) is 0. The zero-order chi connectivity index (χ0) is 24.8. The van der Waals surface area contributed by atoms with Crippen LogP contribution in [-0.2, 0) is 9.13 Å². The van der Waals surface area contributed by atoms with E-state index in [1.165, 1.54) is 0 Å². The highest BCUT2D eigenvalue weighted by molar-refractivity contribution is 7.96. The standard InChI is InChI=1S/C29H24N2O2P2/c30-23-21-29(22-24-31,34(32,25-13-5-1-6-14-25)26-15-7-2-8-16-26)35(33,27-17-9-3-10-18-27)28-19-11-4-12-20-28/h1-20H,21-22H2. The van der Waals surface area contributed by atoms with Crippen LogP contribution < -0.4 is 21.2 Å². The zero-order valence-corrected chi connectivity index (χ0v) is 20.9. The molecule has 35 heavy (non-hydrogen) atoms. The fourth-order valence-corrected chi connectivity index (χ4v) is 13.8. The minimum absolute atomic E-state index is 0.317. The summed E-state index contributed by atoms with van der Waals surface area (Å²) < 4.78 is 31.5. The van der Waals surface area contributed by atoms with Crippen LogP contribution in [0.5, 0.6) is 0 Å². The molecule has 0 aromatic heterocycles. The van der Waals surface area contributed by atoms with Gasteiger partial charge in [-0.25, -0.2) is 0 Å². The molecule has 6 heteroatoms. The summed E-state index contributed by atoms with van der Waals surface area (Å²) in [6.07, 6.45) is -0.634. The summed E-state index contributed by atoms with van der Waals surface area (Å²) in [5, 5.41) is 22.2. The molecule has 0 bridgehead atoms. The maximum Gasteiger partial charge on any atom is 0.158 e. The highest BCUT2D eigenvalue weighted by atomic mass is 31.2. The third kappa shape index (κ3) is 3.96. The summed E-state index contributed by atoms with van der Waals surface area (Å²) in [5.74, 6) is 0. The van der Waals surface area contributed by atoms with Gasteiger partial charge in [0.25, 0.3) is 0 Å². The highest BCUT2D eigenvalue weighted by Crippen LogP contribution is 2.76.